The SMILES string of the molecule is C=CCN1CC[C@]23c4c5ccc(OC)c4OC2C(N(CC(C)C)C(=O)/C=C/c2ccccc2)CC[C@@]3(OC(C)=O)[C@H]1C5. The van der Waals surface area contributed by atoms with Crippen LogP contribution in [0.3, 0.4) is 0 Å². The second-order valence-corrected chi connectivity index (χ2v) is 12.6. The third-order valence-electron chi connectivity index (χ3n) is 9.86. The molecule has 2 unspecified atom stereocenters. The predicted molar refractivity (Wildman–Crippen MR) is 163 cm³/mol. The molecule has 0 aromatic heterocycles. The van der Waals surface area contributed by atoms with Gasteiger partial charge in [-0.05, 0) is 54.9 Å². The van der Waals surface area contributed by atoms with Crippen LogP contribution in [0.15, 0.2) is 61.2 Å². The van der Waals surface area contributed by atoms with Gasteiger partial charge in [0.2, 0.25) is 5.91 Å². The number of likely N-dealkylation sites (tertiary alicyclic amines) is 1. The zero-order chi connectivity index (χ0) is 29.6. The van der Waals surface area contributed by atoms with Crippen molar-refractivity contribution in [1.29, 1.82) is 0 Å². The molecule has 7 heteroatoms. The fraction of sp³-hybridized carbons (Fsp3) is 0.486. The molecular weight excluding hydrogens is 528 g/mol. The van der Waals surface area contributed by atoms with E-state index in [2.05, 4.69) is 31.4 Å². The maximum absolute atomic E-state index is 14.0. The Kier molecular flexibility index (Phi) is 7.42. The first-order valence-electron chi connectivity index (χ1n) is 15.2. The van der Waals surface area contributed by atoms with Gasteiger partial charge in [-0.3, -0.25) is 14.5 Å². The molecule has 2 fully saturated rings. The zero-order valence-corrected chi connectivity index (χ0v) is 25.2. The normalized spacial score (nSPS) is 29.1. The largest absolute Gasteiger partial charge is 0.493 e. The standard InChI is InChI=1S/C35H42N2O5/c1-6-19-36-20-18-34-31-26-13-14-28(40-5)32(31)41-33(34)27(16-17-35(34,29(36)21-26)42-24(4)38)37(22-23(2)3)30(39)15-12-25-10-8-7-9-11-25/h6-15,23,27,29,33H,1,16-22H2,2-5H3/b15-12+/t27?,29-,33?,34+,35-/m1/s1. The van der Waals surface area contributed by atoms with E-state index in [0.717, 1.165) is 42.8 Å². The minimum atomic E-state index is -0.779. The lowest BCUT2D eigenvalue weighted by molar-refractivity contribution is -0.223. The number of carbonyl (C=O) groups excluding carboxylic acids is 2. The molecule has 0 N–H and O–H groups in total. The fourth-order valence-electron chi connectivity index (χ4n) is 8.50. The molecule has 2 heterocycles. The maximum atomic E-state index is 14.0. The summed E-state index contributed by atoms with van der Waals surface area (Å²) in [5, 5.41) is 0. The van der Waals surface area contributed by atoms with Crippen LogP contribution in [0.25, 0.3) is 6.08 Å². The van der Waals surface area contributed by atoms with Crippen LogP contribution in [-0.4, -0.2) is 72.2 Å². The van der Waals surface area contributed by atoms with E-state index in [1.165, 1.54) is 12.5 Å². The average Bonchev–Trinajstić information content (AvgIpc) is 3.32. The molecule has 1 saturated carbocycles. The number of carbonyl (C=O) groups is 2. The van der Waals surface area contributed by atoms with Crippen molar-refractivity contribution in [3.8, 4) is 11.5 Å². The predicted octanol–water partition coefficient (Wildman–Crippen LogP) is 5.17. The van der Waals surface area contributed by atoms with Crippen molar-refractivity contribution in [2.75, 3.05) is 26.7 Å². The molecule has 4 aliphatic rings. The lowest BCUT2D eigenvalue weighted by Crippen LogP contribution is -2.79. The minimum absolute atomic E-state index is 0.0146. The van der Waals surface area contributed by atoms with Crippen molar-refractivity contribution in [2.45, 2.75) is 75.7 Å². The van der Waals surface area contributed by atoms with Gasteiger partial charge in [0.25, 0.3) is 0 Å². The molecule has 1 spiro atoms. The molecule has 2 bridgehead atoms. The minimum Gasteiger partial charge on any atom is -0.493 e. The quantitative estimate of drug-likeness (QED) is 0.235. The van der Waals surface area contributed by atoms with Gasteiger partial charge in [-0.2, -0.15) is 0 Å². The average molecular weight is 571 g/mol. The molecule has 2 aromatic rings. The molecule has 2 aliphatic carbocycles. The Morgan fingerprint density at radius 3 is 2.67 bits per heavy atom. The molecule has 42 heavy (non-hydrogen) atoms. The summed E-state index contributed by atoms with van der Waals surface area (Å²) in [6, 6.07) is 13.8. The van der Waals surface area contributed by atoms with Crippen LogP contribution in [0, 0.1) is 5.92 Å². The van der Waals surface area contributed by atoms with Crippen molar-refractivity contribution in [2.24, 2.45) is 5.92 Å². The van der Waals surface area contributed by atoms with Gasteiger partial charge >= 0.3 is 5.97 Å². The van der Waals surface area contributed by atoms with Crippen LogP contribution >= 0.6 is 0 Å². The lowest BCUT2D eigenvalue weighted by Gasteiger charge is -2.65. The van der Waals surface area contributed by atoms with Crippen LogP contribution in [0.1, 0.15) is 56.7 Å². The summed E-state index contributed by atoms with van der Waals surface area (Å²) in [6.45, 7) is 12.0. The highest BCUT2D eigenvalue weighted by molar-refractivity contribution is 5.92. The highest BCUT2D eigenvalue weighted by Crippen LogP contribution is 2.67. The first-order chi connectivity index (χ1) is 20.3. The van der Waals surface area contributed by atoms with Crippen molar-refractivity contribution >= 4 is 18.0 Å². The van der Waals surface area contributed by atoms with E-state index in [-0.39, 0.29) is 36.0 Å². The van der Waals surface area contributed by atoms with Gasteiger partial charge in [-0.1, -0.05) is 56.3 Å². The summed E-state index contributed by atoms with van der Waals surface area (Å²) < 4.78 is 19.4. The van der Waals surface area contributed by atoms with E-state index in [1.807, 2.05) is 53.5 Å². The van der Waals surface area contributed by atoms with E-state index >= 15 is 0 Å². The molecule has 1 saturated heterocycles. The van der Waals surface area contributed by atoms with Gasteiger partial charge in [0, 0.05) is 38.2 Å². The van der Waals surface area contributed by atoms with Gasteiger partial charge < -0.3 is 19.1 Å². The van der Waals surface area contributed by atoms with Crippen LogP contribution in [-0.2, 0) is 26.2 Å². The first kappa shape index (κ1) is 28.5. The Bertz CT molecular complexity index is 1400. The summed E-state index contributed by atoms with van der Waals surface area (Å²) in [7, 11) is 1.67. The van der Waals surface area contributed by atoms with Gasteiger partial charge in [-0.15, -0.1) is 6.58 Å². The highest BCUT2D eigenvalue weighted by Gasteiger charge is 2.75. The number of rotatable bonds is 9. The summed E-state index contributed by atoms with van der Waals surface area (Å²) in [4.78, 5) is 31.4. The van der Waals surface area contributed by atoms with E-state index in [1.54, 1.807) is 13.2 Å². The van der Waals surface area contributed by atoms with E-state index < -0.39 is 11.0 Å². The van der Waals surface area contributed by atoms with Gasteiger partial charge in [-0.25, -0.2) is 0 Å². The number of hydrogen-bond acceptors (Lipinski definition) is 6. The number of amides is 1. The maximum Gasteiger partial charge on any atom is 0.303 e. The fourth-order valence-corrected chi connectivity index (χ4v) is 8.50. The second kappa shape index (κ2) is 10.9. The molecule has 5 atom stereocenters. The van der Waals surface area contributed by atoms with Gasteiger partial charge in [0.05, 0.1) is 24.6 Å². The van der Waals surface area contributed by atoms with E-state index in [9.17, 15) is 9.59 Å². The van der Waals surface area contributed by atoms with Crippen molar-refractivity contribution < 1.29 is 23.8 Å². The molecule has 222 valence electrons. The van der Waals surface area contributed by atoms with Crippen molar-refractivity contribution in [3.63, 3.8) is 0 Å². The topological polar surface area (TPSA) is 68.3 Å². The first-order valence-corrected chi connectivity index (χ1v) is 15.2. The monoisotopic (exact) mass is 570 g/mol. The van der Waals surface area contributed by atoms with Crippen molar-refractivity contribution in [3.05, 3.63) is 77.9 Å². The van der Waals surface area contributed by atoms with E-state index in [0.29, 0.717) is 25.1 Å². The second-order valence-electron chi connectivity index (χ2n) is 12.6. The Hall–Kier alpha value is -3.58. The Morgan fingerprint density at radius 2 is 1.98 bits per heavy atom. The number of nitrogens with zero attached hydrogens (tertiary/aromatic N) is 2. The number of hydrogen-bond donors (Lipinski definition) is 0. The lowest BCUT2D eigenvalue weighted by atomic mass is 9.48. The molecule has 0 radical (unpaired) electrons. The molecule has 6 rings (SSSR count). The number of esters is 1. The number of ether oxygens (including phenoxy) is 3. The van der Waals surface area contributed by atoms with Crippen LogP contribution < -0.4 is 9.47 Å². The van der Waals surface area contributed by atoms with Crippen LogP contribution in [0.5, 0.6) is 11.5 Å². The molecule has 1 amide bonds. The highest BCUT2D eigenvalue weighted by atomic mass is 16.6. The molecular formula is C35H42N2O5. The third-order valence-corrected chi connectivity index (χ3v) is 9.86. The van der Waals surface area contributed by atoms with Crippen LogP contribution in [0.4, 0.5) is 0 Å². The Morgan fingerprint density at radius 1 is 1.19 bits per heavy atom. The van der Waals surface area contributed by atoms with Gasteiger partial charge in [0.1, 0.15) is 11.7 Å². The summed E-state index contributed by atoms with van der Waals surface area (Å²) >= 11 is 0. The summed E-state index contributed by atoms with van der Waals surface area (Å²) in [6.07, 6.45) is 7.95. The molecule has 2 aliphatic heterocycles. The Labute approximate surface area is 249 Å². The zero-order valence-electron chi connectivity index (χ0n) is 25.2. The molecule has 2 aromatic carbocycles. The number of piperidine rings is 1. The smallest absolute Gasteiger partial charge is 0.303 e. The van der Waals surface area contributed by atoms with E-state index in [4.69, 9.17) is 14.2 Å². The number of methoxy groups -OCH3 is 1. The summed E-state index contributed by atoms with van der Waals surface area (Å²) in [5.74, 6) is 1.38. The summed E-state index contributed by atoms with van der Waals surface area (Å²) in [5.41, 5.74) is 1.93. The third kappa shape index (κ3) is 4.27. The molecule has 7 nitrogen and oxygen atoms in total. The van der Waals surface area contributed by atoms with Crippen molar-refractivity contribution in [1.82, 2.24) is 9.80 Å². The number of benzene rings is 2. The van der Waals surface area contributed by atoms with Crippen LogP contribution in [0.2, 0.25) is 0 Å². The Balaban J connectivity index is 1.49. The van der Waals surface area contributed by atoms with Gasteiger partial charge in [0.15, 0.2) is 11.5 Å².